The molecular weight excluding hydrogens is 616 g/mol. The lowest BCUT2D eigenvalue weighted by atomic mass is 10.0. The molecule has 5 rings (SSSR count). The molecule has 0 aliphatic carbocycles. The number of aromatic nitrogens is 1. The number of anilines is 1. The molecule has 12 nitrogen and oxygen atoms in total. The second-order valence-corrected chi connectivity index (χ2v) is 12.8. The van der Waals surface area contributed by atoms with Crippen molar-refractivity contribution >= 4 is 23.7 Å². The summed E-state index contributed by atoms with van der Waals surface area (Å²) in [6.45, 7) is 11.5. The molecule has 2 aromatic rings. The molecule has 2 saturated heterocycles. The molecule has 1 N–H and O–H groups in total. The fourth-order valence-electron chi connectivity index (χ4n) is 6.68. The standard InChI is InChI=1S/C33H43F2N5O7/c1-19-11-37(27(13-39(19)33(43)44)12-38-20(2)15-45-16-21(38)3)14-31(42)40-22(4)17-47-32-30(40)9-25(29(36-32)18-46-23(5)41)8-24-6-7-26(34)10-28(24)35/h6-7,9-10,19-22,27H,8,11-18H2,1-5H3,(H,43,44)/t19-,20-,21-,22?,27+/m1/s1. The first kappa shape index (κ1) is 34.5. The van der Waals surface area contributed by atoms with Gasteiger partial charge in [-0.05, 0) is 51.0 Å². The first-order valence-electron chi connectivity index (χ1n) is 15.9. The first-order valence-corrected chi connectivity index (χ1v) is 15.9. The van der Waals surface area contributed by atoms with E-state index >= 15 is 0 Å². The second kappa shape index (κ2) is 14.5. The highest BCUT2D eigenvalue weighted by Gasteiger charge is 2.40. The zero-order valence-electron chi connectivity index (χ0n) is 27.4. The van der Waals surface area contributed by atoms with Gasteiger partial charge in [-0.15, -0.1) is 0 Å². The lowest BCUT2D eigenvalue weighted by Crippen LogP contribution is -2.65. The largest absolute Gasteiger partial charge is 0.474 e. The van der Waals surface area contributed by atoms with Gasteiger partial charge in [0.25, 0.3) is 0 Å². The third-order valence-electron chi connectivity index (χ3n) is 9.19. The number of nitrogens with zero attached hydrogens (tertiary/aromatic N) is 5. The number of pyridine rings is 1. The van der Waals surface area contributed by atoms with Gasteiger partial charge in [-0.2, -0.15) is 0 Å². The molecule has 1 aromatic carbocycles. The number of amides is 2. The third-order valence-corrected chi connectivity index (χ3v) is 9.19. The number of piperazine rings is 1. The SMILES string of the molecule is CC(=O)OCc1nc2c(cc1Cc1ccc(F)cc1F)N(C(=O)CN1C[C@@H](C)N(C(=O)O)C[C@@H]1CN1[C@H](C)COC[C@H]1C)C(C)CO2. The van der Waals surface area contributed by atoms with Crippen molar-refractivity contribution in [3.8, 4) is 5.88 Å². The molecule has 1 unspecified atom stereocenters. The van der Waals surface area contributed by atoms with E-state index in [1.165, 1.54) is 17.9 Å². The number of ether oxygens (including phenoxy) is 3. The Balaban J connectivity index is 1.45. The maximum absolute atomic E-state index is 14.7. The number of fused-ring (bicyclic) bond motifs is 1. The molecule has 0 bridgehead atoms. The number of hydrogen-bond acceptors (Lipinski definition) is 9. The summed E-state index contributed by atoms with van der Waals surface area (Å²) in [4.78, 5) is 50.0. The summed E-state index contributed by atoms with van der Waals surface area (Å²) >= 11 is 0. The highest BCUT2D eigenvalue weighted by atomic mass is 19.1. The van der Waals surface area contributed by atoms with Crippen molar-refractivity contribution in [3.63, 3.8) is 0 Å². The van der Waals surface area contributed by atoms with Crippen LogP contribution in [0.1, 0.15) is 51.4 Å². The molecule has 4 heterocycles. The summed E-state index contributed by atoms with van der Waals surface area (Å²) < 4.78 is 45.2. The fraction of sp³-hybridized carbons (Fsp3) is 0.576. The van der Waals surface area contributed by atoms with Crippen molar-refractivity contribution in [2.45, 2.75) is 77.9 Å². The molecule has 3 aliphatic rings. The molecule has 256 valence electrons. The summed E-state index contributed by atoms with van der Waals surface area (Å²) in [5.74, 6) is -2.01. The Morgan fingerprint density at radius 1 is 0.979 bits per heavy atom. The molecule has 0 radical (unpaired) electrons. The molecule has 47 heavy (non-hydrogen) atoms. The van der Waals surface area contributed by atoms with E-state index in [-0.39, 0.29) is 80.3 Å². The summed E-state index contributed by atoms with van der Waals surface area (Å²) in [7, 11) is 0. The van der Waals surface area contributed by atoms with Crippen LogP contribution in [-0.4, -0.2) is 119 Å². The Bertz CT molecular complexity index is 1490. The van der Waals surface area contributed by atoms with Gasteiger partial charge < -0.3 is 29.1 Å². The summed E-state index contributed by atoms with van der Waals surface area (Å²) in [5.41, 5.74) is 1.42. The van der Waals surface area contributed by atoms with Crippen molar-refractivity contribution in [1.82, 2.24) is 19.7 Å². The van der Waals surface area contributed by atoms with Gasteiger partial charge in [0.2, 0.25) is 11.8 Å². The maximum Gasteiger partial charge on any atom is 0.407 e. The van der Waals surface area contributed by atoms with Crippen LogP contribution >= 0.6 is 0 Å². The fourth-order valence-corrected chi connectivity index (χ4v) is 6.68. The third kappa shape index (κ3) is 7.82. The van der Waals surface area contributed by atoms with Gasteiger partial charge in [0.05, 0.1) is 31.5 Å². The highest BCUT2D eigenvalue weighted by molar-refractivity contribution is 5.97. The Hall–Kier alpha value is -3.88. The van der Waals surface area contributed by atoms with E-state index in [1.54, 1.807) is 11.0 Å². The zero-order chi connectivity index (χ0) is 34.0. The zero-order valence-corrected chi connectivity index (χ0v) is 27.4. The van der Waals surface area contributed by atoms with E-state index in [0.717, 1.165) is 12.1 Å². The Labute approximate surface area is 273 Å². The number of carbonyl (C=O) groups excluding carboxylic acids is 2. The minimum absolute atomic E-state index is 0.00601. The van der Waals surface area contributed by atoms with Crippen LogP contribution in [0.25, 0.3) is 0 Å². The summed E-state index contributed by atoms with van der Waals surface area (Å²) in [6, 6.07) is 4.33. The van der Waals surface area contributed by atoms with Gasteiger partial charge >= 0.3 is 12.1 Å². The molecule has 5 atom stereocenters. The van der Waals surface area contributed by atoms with Gasteiger partial charge in [-0.3, -0.25) is 19.4 Å². The van der Waals surface area contributed by atoms with Crippen molar-refractivity contribution < 1.29 is 42.5 Å². The second-order valence-electron chi connectivity index (χ2n) is 12.8. The van der Waals surface area contributed by atoms with Crippen molar-refractivity contribution in [2.75, 3.05) is 50.9 Å². The lowest BCUT2D eigenvalue weighted by Gasteiger charge is -2.48. The van der Waals surface area contributed by atoms with Crippen LogP contribution in [0, 0.1) is 11.6 Å². The van der Waals surface area contributed by atoms with Crippen molar-refractivity contribution in [2.24, 2.45) is 0 Å². The normalized spacial score (nSPS) is 25.2. The number of carbonyl (C=O) groups is 3. The Morgan fingerprint density at radius 2 is 1.70 bits per heavy atom. The van der Waals surface area contributed by atoms with E-state index in [1.807, 2.05) is 13.8 Å². The number of morpholine rings is 1. The van der Waals surface area contributed by atoms with E-state index in [0.29, 0.717) is 43.2 Å². The molecule has 0 spiro atoms. The van der Waals surface area contributed by atoms with Crippen LogP contribution in [0.15, 0.2) is 24.3 Å². The number of rotatable bonds is 8. The van der Waals surface area contributed by atoms with Gasteiger partial charge in [0.15, 0.2) is 0 Å². The van der Waals surface area contributed by atoms with Crippen LogP contribution in [0.5, 0.6) is 5.88 Å². The Kier molecular flexibility index (Phi) is 10.6. The predicted molar refractivity (Wildman–Crippen MR) is 167 cm³/mol. The summed E-state index contributed by atoms with van der Waals surface area (Å²) in [6.07, 6.45) is -0.987. The topological polar surface area (TPSA) is 125 Å². The van der Waals surface area contributed by atoms with Gasteiger partial charge in [0, 0.05) is 63.2 Å². The number of halogens is 2. The van der Waals surface area contributed by atoms with Crippen LogP contribution < -0.4 is 9.64 Å². The average Bonchev–Trinajstić information content (AvgIpc) is 3.00. The van der Waals surface area contributed by atoms with E-state index < -0.39 is 23.7 Å². The first-order chi connectivity index (χ1) is 22.3. The monoisotopic (exact) mass is 659 g/mol. The highest BCUT2D eigenvalue weighted by Crippen LogP contribution is 2.36. The van der Waals surface area contributed by atoms with Crippen molar-refractivity contribution in [1.29, 1.82) is 0 Å². The van der Waals surface area contributed by atoms with Gasteiger partial charge in [-0.1, -0.05) is 6.07 Å². The van der Waals surface area contributed by atoms with Gasteiger partial charge in [0.1, 0.15) is 30.5 Å². The molecule has 2 fully saturated rings. The van der Waals surface area contributed by atoms with Crippen molar-refractivity contribution in [3.05, 3.63) is 52.7 Å². The van der Waals surface area contributed by atoms with Crippen LogP contribution in [0.4, 0.5) is 19.3 Å². The molecule has 14 heteroatoms. The van der Waals surface area contributed by atoms with E-state index in [9.17, 15) is 28.3 Å². The van der Waals surface area contributed by atoms with Crippen LogP contribution in [0.2, 0.25) is 0 Å². The molecule has 2 amide bonds. The Morgan fingerprint density at radius 3 is 2.36 bits per heavy atom. The van der Waals surface area contributed by atoms with Crippen LogP contribution in [0.3, 0.4) is 0 Å². The van der Waals surface area contributed by atoms with E-state index in [2.05, 4.69) is 28.6 Å². The quantitative estimate of drug-likeness (QED) is 0.422. The molecule has 1 aromatic heterocycles. The molecule has 3 aliphatic heterocycles. The van der Waals surface area contributed by atoms with Crippen LogP contribution in [-0.2, 0) is 32.1 Å². The van der Waals surface area contributed by atoms with E-state index in [4.69, 9.17) is 14.2 Å². The lowest BCUT2D eigenvalue weighted by molar-refractivity contribution is -0.142. The number of benzene rings is 1. The number of carboxylic acid groups (broad SMARTS) is 1. The average molecular weight is 660 g/mol. The number of hydrogen-bond donors (Lipinski definition) is 1. The van der Waals surface area contributed by atoms with Gasteiger partial charge in [-0.25, -0.2) is 18.6 Å². The minimum Gasteiger partial charge on any atom is -0.474 e. The smallest absolute Gasteiger partial charge is 0.407 e. The predicted octanol–water partition coefficient (Wildman–Crippen LogP) is 3.29. The number of esters is 1. The molecular formula is C33H43F2N5O7. The minimum atomic E-state index is -0.993. The maximum atomic E-state index is 14.7. The summed E-state index contributed by atoms with van der Waals surface area (Å²) in [5, 5.41) is 9.91. The molecule has 0 saturated carbocycles.